The van der Waals surface area contributed by atoms with E-state index in [4.69, 9.17) is 9.47 Å². The van der Waals surface area contributed by atoms with Gasteiger partial charge < -0.3 is 19.7 Å². The second kappa shape index (κ2) is 11.7. The largest absolute Gasteiger partial charge is 0.493 e. The van der Waals surface area contributed by atoms with Crippen LogP contribution in [0.15, 0.2) is 54.6 Å². The highest BCUT2D eigenvalue weighted by molar-refractivity contribution is 5.88. The fourth-order valence-electron chi connectivity index (χ4n) is 2.86. The molecule has 0 bridgehead atoms. The monoisotopic (exact) mass is 398 g/mol. The SMILES string of the molecule is CCCCNC(=O)[C@H](C)N(Cc1ccccc1)C(=O)COc1ccccc1OC. The van der Waals surface area contributed by atoms with E-state index in [-0.39, 0.29) is 18.4 Å². The number of unbranched alkanes of at least 4 members (excludes halogenated alkanes) is 1. The van der Waals surface area contributed by atoms with Crippen LogP contribution in [0.5, 0.6) is 11.5 Å². The van der Waals surface area contributed by atoms with Gasteiger partial charge in [0.15, 0.2) is 18.1 Å². The van der Waals surface area contributed by atoms with Crippen LogP contribution in [0, 0.1) is 0 Å². The van der Waals surface area contributed by atoms with Crippen LogP contribution in [0.25, 0.3) is 0 Å². The number of ether oxygens (including phenoxy) is 2. The Hall–Kier alpha value is -3.02. The van der Waals surface area contributed by atoms with Crippen LogP contribution in [-0.2, 0) is 16.1 Å². The Bertz CT molecular complexity index is 779. The molecule has 1 atom stereocenters. The van der Waals surface area contributed by atoms with E-state index in [1.807, 2.05) is 42.5 Å². The van der Waals surface area contributed by atoms with Gasteiger partial charge in [-0.15, -0.1) is 0 Å². The molecule has 0 saturated carbocycles. The molecule has 0 spiro atoms. The number of hydrogen-bond acceptors (Lipinski definition) is 4. The maximum atomic E-state index is 13.0. The van der Waals surface area contributed by atoms with Crippen LogP contribution in [0.4, 0.5) is 0 Å². The Kier molecular flexibility index (Phi) is 9.02. The summed E-state index contributed by atoms with van der Waals surface area (Å²) >= 11 is 0. The molecular formula is C23H30N2O4. The first-order valence-electron chi connectivity index (χ1n) is 9.93. The van der Waals surface area contributed by atoms with Crippen molar-refractivity contribution in [2.75, 3.05) is 20.3 Å². The number of carbonyl (C=O) groups excluding carboxylic acids is 2. The van der Waals surface area contributed by atoms with Gasteiger partial charge in [-0.05, 0) is 31.0 Å². The van der Waals surface area contributed by atoms with Gasteiger partial charge in [0.2, 0.25) is 5.91 Å². The highest BCUT2D eigenvalue weighted by Crippen LogP contribution is 2.25. The fourth-order valence-corrected chi connectivity index (χ4v) is 2.86. The second-order valence-corrected chi connectivity index (χ2v) is 6.77. The molecule has 29 heavy (non-hydrogen) atoms. The molecule has 6 nitrogen and oxygen atoms in total. The summed E-state index contributed by atoms with van der Waals surface area (Å²) in [5.74, 6) is 0.612. The van der Waals surface area contributed by atoms with Crippen LogP contribution in [0.1, 0.15) is 32.3 Å². The van der Waals surface area contributed by atoms with Crippen molar-refractivity contribution in [3.05, 3.63) is 60.2 Å². The van der Waals surface area contributed by atoms with Gasteiger partial charge in [-0.3, -0.25) is 9.59 Å². The summed E-state index contributed by atoms with van der Waals surface area (Å²) < 4.78 is 10.9. The standard InChI is InChI=1S/C23H30N2O4/c1-4-5-15-24-23(27)18(2)25(16-19-11-7-6-8-12-19)22(26)17-29-21-14-10-9-13-20(21)28-3/h6-14,18H,4-5,15-17H2,1-3H3,(H,24,27)/t18-/m0/s1. The van der Waals surface area contributed by atoms with Crippen molar-refractivity contribution in [3.63, 3.8) is 0 Å². The lowest BCUT2D eigenvalue weighted by Crippen LogP contribution is -2.49. The smallest absolute Gasteiger partial charge is 0.261 e. The third-order valence-electron chi connectivity index (χ3n) is 4.61. The van der Waals surface area contributed by atoms with Crippen molar-refractivity contribution in [3.8, 4) is 11.5 Å². The first-order chi connectivity index (χ1) is 14.1. The summed E-state index contributed by atoms with van der Waals surface area (Å²) in [7, 11) is 1.55. The summed E-state index contributed by atoms with van der Waals surface area (Å²) in [5, 5.41) is 2.90. The lowest BCUT2D eigenvalue weighted by Gasteiger charge is -2.28. The van der Waals surface area contributed by atoms with Crippen LogP contribution in [0.2, 0.25) is 0 Å². The lowest BCUT2D eigenvalue weighted by molar-refractivity contribution is -0.142. The van der Waals surface area contributed by atoms with Gasteiger partial charge in [0, 0.05) is 13.1 Å². The molecule has 0 fully saturated rings. The van der Waals surface area contributed by atoms with Crippen molar-refractivity contribution in [2.45, 2.75) is 39.3 Å². The summed E-state index contributed by atoms with van der Waals surface area (Å²) in [6.45, 7) is 4.56. The Morgan fingerprint density at radius 3 is 2.34 bits per heavy atom. The molecule has 6 heteroatoms. The zero-order chi connectivity index (χ0) is 21.1. The number of hydrogen-bond donors (Lipinski definition) is 1. The van der Waals surface area contributed by atoms with Gasteiger partial charge in [-0.25, -0.2) is 0 Å². The molecule has 0 unspecified atom stereocenters. The molecule has 0 radical (unpaired) electrons. The average Bonchev–Trinajstić information content (AvgIpc) is 2.76. The number of nitrogens with zero attached hydrogens (tertiary/aromatic N) is 1. The molecule has 0 aromatic heterocycles. The van der Waals surface area contributed by atoms with Gasteiger partial charge in [0.05, 0.1) is 7.11 Å². The molecule has 0 heterocycles. The van der Waals surface area contributed by atoms with Gasteiger partial charge in [-0.2, -0.15) is 0 Å². The molecule has 1 N–H and O–H groups in total. The summed E-state index contributed by atoms with van der Waals surface area (Å²) in [6, 6.07) is 16.2. The Morgan fingerprint density at radius 1 is 1.03 bits per heavy atom. The van der Waals surface area contributed by atoms with E-state index in [1.54, 1.807) is 31.1 Å². The van der Waals surface area contributed by atoms with Gasteiger partial charge in [0.25, 0.3) is 5.91 Å². The van der Waals surface area contributed by atoms with Crippen LogP contribution < -0.4 is 14.8 Å². The normalized spacial score (nSPS) is 11.4. The Morgan fingerprint density at radius 2 is 1.69 bits per heavy atom. The van der Waals surface area contributed by atoms with Crippen LogP contribution >= 0.6 is 0 Å². The van der Waals surface area contributed by atoms with Crippen LogP contribution in [-0.4, -0.2) is 43.0 Å². The van der Waals surface area contributed by atoms with E-state index in [2.05, 4.69) is 12.2 Å². The number of para-hydroxylation sites is 2. The second-order valence-electron chi connectivity index (χ2n) is 6.77. The third-order valence-corrected chi connectivity index (χ3v) is 4.61. The molecule has 156 valence electrons. The number of rotatable bonds is 11. The predicted octanol–water partition coefficient (Wildman–Crippen LogP) is 3.41. The van der Waals surface area contributed by atoms with E-state index in [0.717, 1.165) is 18.4 Å². The van der Waals surface area contributed by atoms with Crippen molar-refractivity contribution in [1.29, 1.82) is 0 Å². The summed E-state index contributed by atoms with van der Waals surface area (Å²) in [6.07, 6.45) is 1.90. The topological polar surface area (TPSA) is 67.9 Å². The number of carbonyl (C=O) groups is 2. The first-order valence-corrected chi connectivity index (χ1v) is 9.93. The molecule has 0 aliphatic carbocycles. The van der Waals surface area contributed by atoms with Crippen molar-refractivity contribution >= 4 is 11.8 Å². The zero-order valence-corrected chi connectivity index (χ0v) is 17.4. The number of amides is 2. The van der Waals surface area contributed by atoms with Crippen molar-refractivity contribution in [1.82, 2.24) is 10.2 Å². The predicted molar refractivity (Wildman–Crippen MR) is 113 cm³/mol. The number of nitrogens with one attached hydrogen (secondary N) is 1. The summed E-state index contributed by atoms with van der Waals surface area (Å²) in [5.41, 5.74) is 0.950. The summed E-state index contributed by atoms with van der Waals surface area (Å²) in [4.78, 5) is 27.1. The molecule has 2 rings (SSSR count). The molecular weight excluding hydrogens is 368 g/mol. The molecule has 0 saturated heterocycles. The van der Waals surface area contributed by atoms with Gasteiger partial charge in [0.1, 0.15) is 6.04 Å². The van der Waals surface area contributed by atoms with E-state index in [1.165, 1.54) is 0 Å². The van der Waals surface area contributed by atoms with Gasteiger partial charge >= 0.3 is 0 Å². The fraction of sp³-hybridized carbons (Fsp3) is 0.391. The highest BCUT2D eigenvalue weighted by atomic mass is 16.5. The number of benzene rings is 2. The maximum absolute atomic E-state index is 13.0. The first kappa shape index (κ1) is 22.3. The molecule has 2 amide bonds. The quantitative estimate of drug-likeness (QED) is 0.589. The van der Waals surface area contributed by atoms with E-state index < -0.39 is 6.04 Å². The van der Waals surface area contributed by atoms with E-state index in [0.29, 0.717) is 24.6 Å². The minimum atomic E-state index is -0.610. The van der Waals surface area contributed by atoms with E-state index >= 15 is 0 Å². The van der Waals surface area contributed by atoms with Crippen molar-refractivity contribution in [2.24, 2.45) is 0 Å². The third kappa shape index (κ3) is 6.82. The molecule has 2 aromatic carbocycles. The average molecular weight is 399 g/mol. The maximum Gasteiger partial charge on any atom is 0.261 e. The van der Waals surface area contributed by atoms with E-state index in [9.17, 15) is 9.59 Å². The number of methoxy groups -OCH3 is 1. The molecule has 0 aliphatic heterocycles. The molecule has 0 aliphatic rings. The van der Waals surface area contributed by atoms with Crippen molar-refractivity contribution < 1.29 is 19.1 Å². The Balaban J connectivity index is 2.10. The van der Waals surface area contributed by atoms with Gasteiger partial charge in [-0.1, -0.05) is 55.8 Å². The minimum absolute atomic E-state index is 0.167. The van der Waals surface area contributed by atoms with Crippen LogP contribution in [0.3, 0.4) is 0 Å². The Labute approximate surface area is 172 Å². The zero-order valence-electron chi connectivity index (χ0n) is 17.4. The lowest BCUT2D eigenvalue weighted by atomic mass is 10.1. The molecule has 2 aromatic rings. The minimum Gasteiger partial charge on any atom is -0.493 e. The highest BCUT2D eigenvalue weighted by Gasteiger charge is 2.26.